The van der Waals surface area contributed by atoms with Crippen molar-refractivity contribution in [2.75, 3.05) is 20.7 Å². The molecule has 1 N–H and O–H groups in total. The lowest BCUT2D eigenvalue weighted by molar-refractivity contribution is -0.144. The minimum atomic E-state index is -4.39. The number of pyridine rings is 1. The highest BCUT2D eigenvalue weighted by molar-refractivity contribution is 5.70. The molecule has 2 heterocycles. The molecule has 1 aliphatic heterocycles. The Hall–Kier alpha value is -3.66. The van der Waals surface area contributed by atoms with E-state index in [1.54, 1.807) is 25.1 Å². The zero-order chi connectivity index (χ0) is 28.3. The molecule has 0 bridgehead atoms. The van der Waals surface area contributed by atoms with Crippen molar-refractivity contribution in [1.29, 1.82) is 0 Å². The second-order valence-corrected chi connectivity index (χ2v) is 9.94. The largest absolute Gasteiger partial charge is 0.485 e. The number of carboxylic acid groups (broad SMARTS) is 1. The van der Waals surface area contributed by atoms with Crippen molar-refractivity contribution in [1.82, 2.24) is 9.88 Å². The first-order chi connectivity index (χ1) is 18.4. The van der Waals surface area contributed by atoms with Gasteiger partial charge in [-0.15, -0.1) is 0 Å². The fourth-order valence-electron chi connectivity index (χ4n) is 4.81. The number of benzene rings is 2. The maximum Gasteiger partial charge on any atom is 0.401 e. The number of ether oxygens (including phenoxy) is 2. The maximum absolute atomic E-state index is 14.8. The van der Waals surface area contributed by atoms with Crippen LogP contribution in [0.15, 0.2) is 48.7 Å². The van der Waals surface area contributed by atoms with Crippen molar-refractivity contribution in [3.8, 4) is 22.8 Å². The molecule has 0 aliphatic carbocycles. The molecule has 0 amide bonds. The van der Waals surface area contributed by atoms with Crippen LogP contribution in [-0.2, 0) is 24.2 Å². The molecule has 2 aromatic carbocycles. The highest BCUT2D eigenvalue weighted by atomic mass is 19.4. The standard InChI is InChI=1S/C29H30F4N2O4/c1-17(28(36)37)10-18-4-5-19-7-9-25(39-26(19)11-18)20-6-8-22(23-13-27(38-3)34-14-24(23)30)21(12-20)15-35(2)16-29(31,32)33/h4-6,8,11-14,17,25H,7,9-10,15-16H2,1-3H3,(H,36,37). The number of aryl methyl sites for hydroxylation is 1. The number of aliphatic carboxylic acids is 1. The van der Waals surface area contributed by atoms with Gasteiger partial charge in [0.1, 0.15) is 17.7 Å². The van der Waals surface area contributed by atoms with Gasteiger partial charge in [-0.25, -0.2) is 9.37 Å². The van der Waals surface area contributed by atoms with E-state index in [0.717, 1.165) is 34.2 Å². The molecule has 2 unspecified atom stereocenters. The summed E-state index contributed by atoms with van der Waals surface area (Å²) in [4.78, 5) is 16.3. The zero-order valence-electron chi connectivity index (χ0n) is 21.9. The minimum Gasteiger partial charge on any atom is -0.485 e. The third-order valence-corrected chi connectivity index (χ3v) is 6.76. The van der Waals surface area contributed by atoms with E-state index in [2.05, 4.69) is 4.98 Å². The molecule has 10 heteroatoms. The Morgan fingerprint density at radius 3 is 2.67 bits per heavy atom. The van der Waals surface area contributed by atoms with Crippen molar-refractivity contribution in [2.45, 2.75) is 45.0 Å². The molecule has 2 atom stereocenters. The molecule has 208 valence electrons. The number of methoxy groups -OCH3 is 1. The summed E-state index contributed by atoms with van der Waals surface area (Å²) in [6.07, 6.45) is -2.01. The van der Waals surface area contributed by atoms with E-state index in [1.807, 2.05) is 18.2 Å². The molecule has 1 aliphatic rings. The van der Waals surface area contributed by atoms with Crippen LogP contribution in [0.2, 0.25) is 0 Å². The second-order valence-electron chi connectivity index (χ2n) is 9.94. The molecular formula is C29H30F4N2O4. The predicted molar refractivity (Wildman–Crippen MR) is 137 cm³/mol. The fourth-order valence-corrected chi connectivity index (χ4v) is 4.81. The number of nitrogens with zero attached hydrogens (tertiary/aromatic N) is 2. The van der Waals surface area contributed by atoms with Crippen LogP contribution < -0.4 is 9.47 Å². The number of hydrogen-bond donors (Lipinski definition) is 1. The van der Waals surface area contributed by atoms with Crippen molar-refractivity contribution in [3.05, 3.63) is 76.7 Å². The van der Waals surface area contributed by atoms with Gasteiger partial charge in [-0.1, -0.05) is 37.3 Å². The van der Waals surface area contributed by atoms with E-state index in [-0.39, 0.29) is 24.1 Å². The van der Waals surface area contributed by atoms with Crippen LogP contribution in [0.5, 0.6) is 11.6 Å². The lowest BCUT2D eigenvalue weighted by atomic mass is 9.91. The molecule has 0 saturated heterocycles. The van der Waals surface area contributed by atoms with Crippen LogP contribution >= 0.6 is 0 Å². The molecule has 3 aromatic rings. The number of fused-ring (bicyclic) bond motifs is 1. The number of aromatic nitrogens is 1. The molecule has 1 aromatic heterocycles. The Morgan fingerprint density at radius 1 is 1.21 bits per heavy atom. The Balaban J connectivity index is 1.67. The number of halogens is 4. The minimum absolute atomic E-state index is 0.0761. The highest BCUT2D eigenvalue weighted by Crippen LogP contribution is 2.38. The van der Waals surface area contributed by atoms with Crippen LogP contribution in [0, 0.1) is 11.7 Å². The van der Waals surface area contributed by atoms with Crippen LogP contribution in [0.4, 0.5) is 17.6 Å². The monoisotopic (exact) mass is 546 g/mol. The summed E-state index contributed by atoms with van der Waals surface area (Å²) in [5.41, 5.74) is 3.72. The van der Waals surface area contributed by atoms with E-state index in [0.29, 0.717) is 29.7 Å². The first-order valence-electron chi connectivity index (χ1n) is 12.5. The summed E-state index contributed by atoms with van der Waals surface area (Å²) in [6.45, 7) is 0.447. The molecule has 0 radical (unpaired) electrons. The van der Waals surface area contributed by atoms with Crippen LogP contribution in [0.3, 0.4) is 0 Å². The lowest BCUT2D eigenvalue weighted by Crippen LogP contribution is -2.30. The topological polar surface area (TPSA) is 71.9 Å². The van der Waals surface area contributed by atoms with Gasteiger partial charge in [-0.2, -0.15) is 13.2 Å². The summed E-state index contributed by atoms with van der Waals surface area (Å²) in [5, 5.41) is 9.24. The van der Waals surface area contributed by atoms with Gasteiger partial charge < -0.3 is 14.6 Å². The summed E-state index contributed by atoms with van der Waals surface area (Å²) in [6, 6.07) is 12.4. The van der Waals surface area contributed by atoms with Crippen LogP contribution in [0.1, 0.15) is 41.7 Å². The molecule has 0 spiro atoms. The average molecular weight is 547 g/mol. The summed E-state index contributed by atoms with van der Waals surface area (Å²) in [7, 11) is 2.76. The van der Waals surface area contributed by atoms with Gasteiger partial charge in [0.05, 0.1) is 25.8 Å². The van der Waals surface area contributed by atoms with Crippen molar-refractivity contribution < 1.29 is 36.9 Å². The van der Waals surface area contributed by atoms with Gasteiger partial charge in [-0.05, 0) is 60.2 Å². The maximum atomic E-state index is 14.8. The van der Waals surface area contributed by atoms with Gasteiger partial charge in [-0.3, -0.25) is 9.69 Å². The van der Waals surface area contributed by atoms with Gasteiger partial charge >= 0.3 is 12.1 Å². The van der Waals surface area contributed by atoms with Gasteiger partial charge in [0, 0.05) is 18.2 Å². The van der Waals surface area contributed by atoms with E-state index in [4.69, 9.17) is 9.47 Å². The first kappa shape index (κ1) is 28.4. The van der Waals surface area contributed by atoms with Crippen LogP contribution in [-0.4, -0.2) is 47.8 Å². The summed E-state index contributed by atoms with van der Waals surface area (Å²) >= 11 is 0. The molecule has 0 fully saturated rings. The Kier molecular flexibility index (Phi) is 8.44. The average Bonchev–Trinajstić information content (AvgIpc) is 2.87. The fraction of sp³-hybridized carbons (Fsp3) is 0.379. The van der Waals surface area contributed by atoms with Crippen molar-refractivity contribution in [3.63, 3.8) is 0 Å². The summed E-state index contributed by atoms with van der Waals surface area (Å²) < 4.78 is 65.5. The third kappa shape index (κ3) is 7.06. The lowest BCUT2D eigenvalue weighted by Gasteiger charge is -2.28. The van der Waals surface area contributed by atoms with Crippen molar-refractivity contribution >= 4 is 5.97 Å². The molecule has 39 heavy (non-hydrogen) atoms. The number of alkyl halides is 3. The van der Waals surface area contributed by atoms with Crippen LogP contribution in [0.25, 0.3) is 11.1 Å². The Labute approximate surface area is 224 Å². The quantitative estimate of drug-likeness (QED) is 0.322. The summed E-state index contributed by atoms with van der Waals surface area (Å²) in [5.74, 6) is -1.19. The van der Waals surface area contributed by atoms with Gasteiger partial charge in [0.25, 0.3) is 0 Å². The number of hydrogen-bond acceptors (Lipinski definition) is 5. The predicted octanol–water partition coefficient (Wildman–Crippen LogP) is 6.22. The molecule has 0 saturated carbocycles. The number of rotatable bonds is 9. The van der Waals surface area contributed by atoms with E-state index in [9.17, 15) is 27.5 Å². The third-order valence-electron chi connectivity index (χ3n) is 6.76. The molecular weight excluding hydrogens is 516 g/mol. The van der Waals surface area contributed by atoms with Gasteiger partial charge in [0.15, 0.2) is 0 Å². The van der Waals surface area contributed by atoms with Crippen molar-refractivity contribution in [2.24, 2.45) is 5.92 Å². The normalized spacial score (nSPS) is 15.9. The SMILES string of the molecule is COc1cc(-c2ccc(C3CCc4ccc(CC(C)C(=O)O)cc4O3)cc2CN(C)CC(F)(F)F)c(F)cn1. The van der Waals surface area contributed by atoms with E-state index < -0.39 is 30.4 Å². The molecule has 4 rings (SSSR count). The Bertz CT molecular complexity index is 1350. The highest BCUT2D eigenvalue weighted by Gasteiger charge is 2.30. The second kappa shape index (κ2) is 11.6. The number of carboxylic acids is 1. The zero-order valence-corrected chi connectivity index (χ0v) is 21.9. The van der Waals surface area contributed by atoms with Gasteiger partial charge in [0.2, 0.25) is 5.88 Å². The smallest absolute Gasteiger partial charge is 0.401 e. The first-order valence-corrected chi connectivity index (χ1v) is 12.5. The van der Waals surface area contributed by atoms with E-state index >= 15 is 0 Å². The van der Waals surface area contributed by atoms with E-state index in [1.165, 1.54) is 20.2 Å². The molecule has 6 nitrogen and oxygen atoms in total. The Morgan fingerprint density at radius 2 is 1.97 bits per heavy atom. The number of carbonyl (C=O) groups is 1.